The molecule has 1 fully saturated rings. The molecule has 0 aromatic heterocycles. The largest absolute Gasteiger partial charge is 0.398 e. The number of hydrogen-bond acceptors (Lipinski definition) is 2. The zero-order valence-corrected chi connectivity index (χ0v) is 9.17. The first-order valence-electron chi connectivity index (χ1n) is 5.71. The maximum absolute atomic E-state index is 13.3. The number of nitrogen functional groups attached to an aromatic ring is 1. The van der Waals surface area contributed by atoms with E-state index in [4.69, 9.17) is 11.0 Å². The van der Waals surface area contributed by atoms with E-state index >= 15 is 0 Å². The fourth-order valence-electron chi connectivity index (χ4n) is 2.46. The van der Waals surface area contributed by atoms with Gasteiger partial charge in [-0.1, -0.05) is 19.3 Å². The summed E-state index contributed by atoms with van der Waals surface area (Å²) in [6, 6.07) is 4.78. The van der Waals surface area contributed by atoms with E-state index in [9.17, 15) is 4.39 Å². The molecule has 1 aromatic rings. The Balaban J connectivity index is 2.36. The quantitative estimate of drug-likeness (QED) is 0.735. The highest BCUT2D eigenvalue weighted by molar-refractivity contribution is 5.53. The Morgan fingerprint density at radius 3 is 2.56 bits per heavy atom. The molecule has 1 aliphatic rings. The Morgan fingerprint density at radius 1 is 1.25 bits per heavy atom. The van der Waals surface area contributed by atoms with Gasteiger partial charge in [0.15, 0.2) is 0 Å². The Morgan fingerprint density at radius 2 is 1.94 bits per heavy atom. The van der Waals surface area contributed by atoms with Crippen LogP contribution in [-0.2, 0) is 0 Å². The highest BCUT2D eigenvalue weighted by Crippen LogP contribution is 2.36. The molecule has 84 valence electrons. The molecular weight excluding hydrogens is 203 g/mol. The number of halogens is 1. The Hall–Kier alpha value is -1.56. The summed E-state index contributed by atoms with van der Waals surface area (Å²) in [5, 5.41) is 8.80. The van der Waals surface area contributed by atoms with Gasteiger partial charge in [-0.25, -0.2) is 4.39 Å². The van der Waals surface area contributed by atoms with Crippen LogP contribution in [0.5, 0.6) is 0 Å². The van der Waals surface area contributed by atoms with Crippen molar-refractivity contribution in [2.45, 2.75) is 38.0 Å². The van der Waals surface area contributed by atoms with Gasteiger partial charge in [0.2, 0.25) is 0 Å². The number of benzene rings is 1. The lowest BCUT2D eigenvalue weighted by Gasteiger charge is -2.23. The summed E-state index contributed by atoms with van der Waals surface area (Å²) < 4.78 is 13.3. The van der Waals surface area contributed by atoms with Gasteiger partial charge in [0.25, 0.3) is 0 Å². The Labute approximate surface area is 94.9 Å². The summed E-state index contributed by atoms with van der Waals surface area (Å²) >= 11 is 0. The lowest BCUT2D eigenvalue weighted by molar-refractivity contribution is 0.444. The first-order valence-corrected chi connectivity index (χ1v) is 5.71. The maximum atomic E-state index is 13.3. The molecule has 1 saturated carbocycles. The molecule has 0 aliphatic heterocycles. The third kappa shape index (κ3) is 2.01. The zero-order valence-electron chi connectivity index (χ0n) is 9.17. The van der Waals surface area contributed by atoms with Crippen LogP contribution in [0.15, 0.2) is 12.1 Å². The molecule has 0 unspecified atom stereocenters. The van der Waals surface area contributed by atoms with E-state index < -0.39 is 5.82 Å². The van der Waals surface area contributed by atoms with Crippen LogP contribution in [0, 0.1) is 17.1 Å². The van der Waals surface area contributed by atoms with Gasteiger partial charge in [-0.05, 0) is 36.5 Å². The molecule has 0 amide bonds. The molecule has 0 atom stereocenters. The van der Waals surface area contributed by atoms with Crippen molar-refractivity contribution >= 4 is 5.69 Å². The number of rotatable bonds is 1. The van der Waals surface area contributed by atoms with E-state index in [-0.39, 0.29) is 5.56 Å². The SMILES string of the molecule is N#Cc1cc(C2CCCCC2)c(N)cc1F. The molecule has 16 heavy (non-hydrogen) atoms. The number of nitrogens with zero attached hydrogens (tertiary/aromatic N) is 1. The minimum absolute atomic E-state index is 0.106. The van der Waals surface area contributed by atoms with Crippen LogP contribution in [-0.4, -0.2) is 0 Å². The molecule has 1 aromatic carbocycles. The molecule has 2 N–H and O–H groups in total. The molecular formula is C13H15FN2. The van der Waals surface area contributed by atoms with Gasteiger partial charge in [-0.2, -0.15) is 5.26 Å². The second kappa shape index (κ2) is 4.52. The summed E-state index contributed by atoms with van der Waals surface area (Å²) in [4.78, 5) is 0. The van der Waals surface area contributed by atoms with Gasteiger partial charge in [0.1, 0.15) is 11.9 Å². The lowest BCUT2D eigenvalue weighted by Crippen LogP contribution is -2.08. The summed E-state index contributed by atoms with van der Waals surface area (Å²) in [7, 11) is 0. The van der Waals surface area contributed by atoms with Crippen molar-refractivity contribution in [3.8, 4) is 6.07 Å². The molecule has 2 nitrogen and oxygen atoms in total. The molecule has 0 bridgehead atoms. The topological polar surface area (TPSA) is 49.8 Å². The minimum Gasteiger partial charge on any atom is -0.398 e. The van der Waals surface area contributed by atoms with E-state index in [2.05, 4.69) is 0 Å². The van der Waals surface area contributed by atoms with Crippen LogP contribution in [0.4, 0.5) is 10.1 Å². The average Bonchev–Trinajstić information content (AvgIpc) is 2.30. The van der Waals surface area contributed by atoms with Gasteiger partial charge in [0.05, 0.1) is 5.56 Å². The highest BCUT2D eigenvalue weighted by atomic mass is 19.1. The molecule has 0 radical (unpaired) electrons. The van der Waals surface area contributed by atoms with Gasteiger partial charge in [0, 0.05) is 5.69 Å². The molecule has 1 aliphatic carbocycles. The van der Waals surface area contributed by atoms with Crippen LogP contribution in [0.3, 0.4) is 0 Å². The standard InChI is InChI=1S/C13H15FN2/c14-12-7-13(16)11(6-10(12)8-15)9-4-2-1-3-5-9/h6-7,9H,1-5,16H2. The van der Waals surface area contributed by atoms with Crippen molar-refractivity contribution in [1.82, 2.24) is 0 Å². The van der Waals surface area contributed by atoms with Gasteiger partial charge in [-0.3, -0.25) is 0 Å². The summed E-state index contributed by atoms with van der Waals surface area (Å²) in [6.45, 7) is 0. The monoisotopic (exact) mass is 218 g/mol. The van der Waals surface area contributed by atoms with E-state index in [0.717, 1.165) is 18.4 Å². The van der Waals surface area contributed by atoms with Crippen molar-refractivity contribution in [1.29, 1.82) is 5.26 Å². The maximum Gasteiger partial charge on any atom is 0.143 e. The zero-order chi connectivity index (χ0) is 11.5. The number of nitriles is 1. The van der Waals surface area contributed by atoms with Crippen LogP contribution in [0.2, 0.25) is 0 Å². The molecule has 0 heterocycles. The number of hydrogen-bond donors (Lipinski definition) is 1. The summed E-state index contributed by atoms with van der Waals surface area (Å²) in [5.41, 5.74) is 7.38. The normalized spacial score (nSPS) is 17.0. The van der Waals surface area contributed by atoms with Crippen LogP contribution < -0.4 is 5.73 Å². The third-order valence-corrected chi connectivity index (χ3v) is 3.34. The smallest absolute Gasteiger partial charge is 0.143 e. The van der Waals surface area contributed by atoms with E-state index in [1.807, 2.05) is 6.07 Å². The van der Waals surface area contributed by atoms with Crippen LogP contribution >= 0.6 is 0 Å². The van der Waals surface area contributed by atoms with Crippen molar-refractivity contribution in [3.05, 3.63) is 29.1 Å². The predicted octanol–water partition coefficient (Wildman–Crippen LogP) is 3.33. The first-order chi connectivity index (χ1) is 7.72. The molecule has 0 saturated heterocycles. The molecule has 0 spiro atoms. The fourth-order valence-corrected chi connectivity index (χ4v) is 2.46. The lowest BCUT2D eigenvalue weighted by atomic mass is 9.83. The van der Waals surface area contributed by atoms with E-state index in [1.165, 1.54) is 25.3 Å². The average molecular weight is 218 g/mol. The third-order valence-electron chi connectivity index (χ3n) is 3.34. The van der Waals surface area contributed by atoms with Crippen molar-refractivity contribution in [3.63, 3.8) is 0 Å². The van der Waals surface area contributed by atoms with Crippen molar-refractivity contribution < 1.29 is 4.39 Å². The Bertz CT molecular complexity index is 428. The van der Waals surface area contributed by atoms with Gasteiger partial charge >= 0.3 is 0 Å². The highest BCUT2D eigenvalue weighted by Gasteiger charge is 2.19. The van der Waals surface area contributed by atoms with Gasteiger partial charge < -0.3 is 5.73 Å². The second-order valence-corrected chi connectivity index (χ2v) is 4.41. The minimum atomic E-state index is -0.514. The van der Waals surface area contributed by atoms with Crippen LogP contribution in [0.1, 0.15) is 49.1 Å². The number of anilines is 1. The van der Waals surface area contributed by atoms with E-state index in [0.29, 0.717) is 11.6 Å². The first kappa shape index (κ1) is 10.9. The molecule has 3 heteroatoms. The summed E-state index contributed by atoms with van der Waals surface area (Å²) in [5.74, 6) is -0.110. The molecule has 2 rings (SSSR count). The van der Waals surface area contributed by atoms with Crippen molar-refractivity contribution in [2.24, 2.45) is 0 Å². The van der Waals surface area contributed by atoms with E-state index in [1.54, 1.807) is 6.07 Å². The number of nitrogens with two attached hydrogens (primary N) is 1. The fraction of sp³-hybridized carbons (Fsp3) is 0.462. The van der Waals surface area contributed by atoms with Crippen LogP contribution in [0.25, 0.3) is 0 Å². The summed E-state index contributed by atoms with van der Waals surface area (Å²) in [6.07, 6.45) is 5.86. The predicted molar refractivity (Wildman–Crippen MR) is 61.4 cm³/mol. The van der Waals surface area contributed by atoms with Gasteiger partial charge in [-0.15, -0.1) is 0 Å². The Kier molecular flexibility index (Phi) is 3.09. The van der Waals surface area contributed by atoms with Crippen molar-refractivity contribution in [2.75, 3.05) is 5.73 Å². The second-order valence-electron chi connectivity index (χ2n) is 4.41.